The third kappa shape index (κ3) is 8.89. The van der Waals surface area contributed by atoms with Crippen molar-refractivity contribution < 1.29 is 0 Å². The van der Waals surface area contributed by atoms with Crippen molar-refractivity contribution in [2.75, 3.05) is 9.80 Å². The molecule has 2 aliphatic rings. The van der Waals surface area contributed by atoms with Gasteiger partial charge in [0.25, 0.3) is 6.71 Å². The zero-order valence-corrected chi connectivity index (χ0v) is 51.2. The Morgan fingerprint density at radius 1 is 0.450 bits per heavy atom. The summed E-state index contributed by atoms with van der Waals surface area (Å²) in [7, 11) is 0. The number of fused-ring (bicyclic) bond motifs is 7. The molecule has 3 heterocycles. The van der Waals surface area contributed by atoms with Crippen molar-refractivity contribution in [1.82, 2.24) is 4.57 Å². The van der Waals surface area contributed by atoms with E-state index in [1.54, 1.807) is 0 Å². The van der Waals surface area contributed by atoms with Crippen molar-refractivity contribution in [3.8, 4) is 5.69 Å². The van der Waals surface area contributed by atoms with Gasteiger partial charge in [0.2, 0.25) is 0 Å². The Balaban J connectivity index is 1.30. The molecule has 2 aliphatic heterocycles. The van der Waals surface area contributed by atoms with Crippen LogP contribution in [0, 0.1) is 34.6 Å². The Hall–Kier alpha value is -7.56. The number of aryl methyl sites for hydroxylation is 5. The first-order valence-corrected chi connectivity index (χ1v) is 29.0. The number of rotatable bonds is 7. The number of para-hydroxylation sites is 1. The largest absolute Gasteiger partial charge is 0.311 e. The molecule has 0 fully saturated rings. The van der Waals surface area contributed by atoms with Gasteiger partial charge in [0.15, 0.2) is 0 Å². The summed E-state index contributed by atoms with van der Waals surface area (Å²) in [6.45, 7) is 50.9. The van der Waals surface area contributed by atoms with Crippen molar-refractivity contribution in [3.05, 3.63) is 226 Å². The number of hydrogen-bond acceptors (Lipinski definition) is 2. The molecule has 0 amide bonds. The fraction of sp³-hybridized carbons (Fsp3) is 0.289. The average Bonchev–Trinajstić information content (AvgIpc) is 2.41. The van der Waals surface area contributed by atoms with Gasteiger partial charge in [0.1, 0.15) is 0 Å². The molecule has 4 heteroatoms. The highest BCUT2D eigenvalue weighted by Gasteiger charge is 2.46. The lowest BCUT2D eigenvalue weighted by molar-refractivity contribution is 0.589. The highest BCUT2D eigenvalue weighted by molar-refractivity contribution is 7.00. The molecular weight excluding hydrogens is 966 g/mol. The maximum absolute atomic E-state index is 4.68. The summed E-state index contributed by atoms with van der Waals surface area (Å²) in [4.78, 5) is 5.34. The highest BCUT2D eigenvalue weighted by atomic mass is 15.2. The molecule has 1 aromatic heterocycles. The Kier molecular flexibility index (Phi) is 13.0. The predicted molar refractivity (Wildman–Crippen MR) is 352 cm³/mol. The summed E-state index contributed by atoms with van der Waals surface area (Å²) in [5.74, 6) is 0. The second-order valence-electron chi connectivity index (χ2n) is 27.6. The minimum Gasteiger partial charge on any atom is -0.311 e. The van der Waals surface area contributed by atoms with E-state index in [0.717, 1.165) is 33.5 Å². The summed E-state index contributed by atoms with van der Waals surface area (Å²) in [5.41, 5.74) is 31.6. The monoisotopic (exact) mass is 1050 g/mol. The number of anilines is 6. The van der Waals surface area contributed by atoms with Gasteiger partial charge in [0.05, 0.1) is 22.4 Å². The molecule has 8 aromatic carbocycles. The molecule has 11 rings (SSSR count). The molecule has 0 aliphatic carbocycles. The van der Waals surface area contributed by atoms with E-state index in [4.69, 9.17) is 0 Å². The van der Waals surface area contributed by atoms with Crippen molar-refractivity contribution in [1.29, 1.82) is 0 Å². The Bertz CT molecular complexity index is 4040. The van der Waals surface area contributed by atoms with Gasteiger partial charge in [-0.25, -0.2) is 0 Å². The van der Waals surface area contributed by atoms with Crippen molar-refractivity contribution >= 4 is 90.2 Å². The SMILES string of the molecule is C=C/C(=C(/C)C(=C)c1ccccc1C)c1cc(C)c(N2c3cc4c(cc3B3c5cc(C(C)(C)C)ccc5N(c5c(C)cc(C(C)(C)C)cc5C)c5cc(C(C)(C)C)cc2c53)c2cc(C(C)(C)C)ccc2n4-c2ccccc2)c(C)c1. The molecule has 0 spiro atoms. The van der Waals surface area contributed by atoms with Crippen LogP contribution in [0.5, 0.6) is 0 Å². The van der Waals surface area contributed by atoms with Gasteiger partial charge in [-0.05, 0) is 218 Å². The van der Waals surface area contributed by atoms with Crippen LogP contribution in [0.25, 0.3) is 38.6 Å². The first kappa shape index (κ1) is 54.4. The Morgan fingerprint density at radius 2 is 0.938 bits per heavy atom. The van der Waals surface area contributed by atoms with Gasteiger partial charge in [0, 0.05) is 39.2 Å². The van der Waals surface area contributed by atoms with Gasteiger partial charge >= 0.3 is 0 Å². The third-order valence-electron chi connectivity index (χ3n) is 17.7. The molecule has 3 nitrogen and oxygen atoms in total. The number of nitrogens with zero attached hydrogens (tertiary/aromatic N) is 3. The Labute approximate surface area is 479 Å². The van der Waals surface area contributed by atoms with E-state index in [1.807, 2.05) is 6.08 Å². The second-order valence-corrected chi connectivity index (χ2v) is 27.6. The van der Waals surface area contributed by atoms with E-state index in [-0.39, 0.29) is 28.4 Å². The lowest BCUT2D eigenvalue weighted by atomic mass is 9.33. The van der Waals surface area contributed by atoms with Gasteiger partial charge < -0.3 is 14.4 Å². The first-order chi connectivity index (χ1) is 37.6. The molecule has 0 bridgehead atoms. The van der Waals surface area contributed by atoms with E-state index in [0.29, 0.717) is 0 Å². The van der Waals surface area contributed by atoms with Crippen LogP contribution in [0.3, 0.4) is 0 Å². The van der Waals surface area contributed by atoms with Gasteiger partial charge in [-0.15, -0.1) is 0 Å². The van der Waals surface area contributed by atoms with E-state index >= 15 is 0 Å². The molecule has 0 saturated carbocycles. The van der Waals surface area contributed by atoms with Crippen LogP contribution in [-0.4, -0.2) is 11.3 Å². The minimum atomic E-state index is -0.182. The number of benzene rings is 8. The molecule has 404 valence electrons. The Morgan fingerprint density at radius 3 is 1.50 bits per heavy atom. The van der Waals surface area contributed by atoms with E-state index in [1.165, 1.54) is 122 Å². The van der Waals surface area contributed by atoms with Gasteiger partial charge in [-0.2, -0.15) is 0 Å². The number of allylic oxidation sites excluding steroid dienone is 4. The van der Waals surface area contributed by atoms with Crippen LogP contribution in [0.15, 0.2) is 164 Å². The molecule has 9 aromatic rings. The summed E-state index contributed by atoms with van der Waals surface area (Å²) >= 11 is 0. The minimum absolute atomic E-state index is 0.000195. The average molecular weight is 1050 g/mol. The molecule has 0 unspecified atom stereocenters. The molecule has 0 radical (unpaired) electrons. The first-order valence-electron chi connectivity index (χ1n) is 29.0. The third-order valence-corrected chi connectivity index (χ3v) is 17.7. The summed E-state index contributed by atoms with van der Waals surface area (Å²) in [6, 6.07) is 54.1. The number of aromatic nitrogens is 1. The van der Waals surface area contributed by atoms with E-state index in [9.17, 15) is 0 Å². The van der Waals surface area contributed by atoms with Gasteiger partial charge in [-0.3, -0.25) is 0 Å². The van der Waals surface area contributed by atoms with Crippen molar-refractivity contribution in [3.63, 3.8) is 0 Å². The van der Waals surface area contributed by atoms with Crippen LogP contribution < -0.4 is 26.2 Å². The second kappa shape index (κ2) is 19.0. The topological polar surface area (TPSA) is 11.4 Å². The summed E-state index contributed by atoms with van der Waals surface area (Å²) < 4.78 is 2.51. The highest BCUT2D eigenvalue weighted by Crippen LogP contribution is 2.51. The van der Waals surface area contributed by atoms with Crippen LogP contribution in [0.4, 0.5) is 34.1 Å². The fourth-order valence-corrected chi connectivity index (χ4v) is 13.2. The van der Waals surface area contributed by atoms with E-state index < -0.39 is 0 Å². The standard InChI is InChI=1S/C76H82BN3/c1-21-58(50(7)51(8)59-30-26-25-27-45(59)2)52-35-46(3)71(47(4)36-52)80-67-44-66-61(60-39-53(73(9,10)11)31-33-64(60)78(66)57-28-23-22-24-29-57)43-63(67)77-62-40-54(74(12,13)14)32-34-65(62)79(68-41-56(76(18,19)20)42-69(80)70(68)77)72-48(5)37-55(38-49(72)6)75(15,16)17/h21-44H,1,8H2,2-7,9-20H3/b58-50+. The summed E-state index contributed by atoms with van der Waals surface area (Å²) in [6.07, 6.45) is 2.02. The molecule has 0 N–H and O–H groups in total. The molecular formula is C76H82BN3. The molecule has 80 heavy (non-hydrogen) atoms. The maximum atomic E-state index is 4.68. The van der Waals surface area contributed by atoms with Crippen molar-refractivity contribution in [2.45, 2.75) is 146 Å². The lowest BCUT2D eigenvalue weighted by Gasteiger charge is -2.46. The fourth-order valence-electron chi connectivity index (χ4n) is 13.2. The van der Waals surface area contributed by atoms with E-state index in [2.05, 4.69) is 292 Å². The zero-order chi connectivity index (χ0) is 57.4. The van der Waals surface area contributed by atoms with Crippen LogP contribution >= 0.6 is 0 Å². The maximum Gasteiger partial charge on any atom is 0.252 e. The van der Waals surface area contributed by atoms with Crippen LogP contribution in [0.1, 0.15) is 151 Å². The van der Waals surface area contributed by atoms with Gasteiger partial charge in [-0.1, -0.05) is 181 Å². The normalized spacial score (nSPS) is 13.8. The van der Waals surface area contributed by atoms with Crippen LogP contribution in [0.2, 0.25) is 0 Å². The van der Waals surface area contributed by atoms with Crippen molar-refractivity contribution in [2.24, 2.45) is 0 Å². The molecule has 0 saturated heterocycles. The quantitative estimate of drug-likeness (QED) is 0.116. The smallest absolute Gasteiger partial charge is 0.252 e. The van der Waals surface area contributed by atoms with Crippen LogP contribution in [-0.2, 0) is 21.7 Å². The molecule has 0 atom stereocenters. The summed E-state index contributed by atoms with van der Waals surface area (Å²) in [5, 5.41) is 2.54. The predicted octanol–water partition coefficient (Wildman–Crippen LogP) is 19.3. The lowest BCUT2D eigenvalue weighted by Crippen LogP contribution is -2.61. The number of hydrogen-bond donors (Lipinski definition) is 0. The zero-order valence-electron chi connectivity index (χ0n) is 51.2.